The first-order valence-electron chi connectivity index (χ1n) is 7.42. The van der Waals surface area contributed by atoms with Crippen molar-refractivity contribution in [3.8, 4) is 0 Å². The Morgan fingerprint density at radius 2 is 1.78 bits per heavy atom. The summed E-state index contributed by atoms with van der Waals surface area (Å²) in [5.41, 5.74) is 1.40. The van der Waals surface area contributed by atoms with E-state index in [-0.39, 0.29) is 0 Å². The molecule has 2 rings (SSSR count). The Labute approximate surface area is 111 Å². The number of hydrogen-bond acceptors (Lipinski definition) is 0. The zero-order valence-corrected chi connectivity index (χ0v) is 11.7. The summed E-state index contributed by atoms with van der Waals surface area (Å²) in [6.45, 7) is 4.57. The summed E-state index contributed by atoms with van der Waals surface area (Å²) in [6.07, 6.45) is 10.2. The Morgan fingerprint density at radius 1 is 0.944 bits per heavy atom. The van der Waals surface area contributed by atoms with E-state index in [4.69, 9.17) is 0 Å². The van der Waals surface area contributed by atoms with Crippen LogP contribution in [0, 0.1) is 0 Å². The number of aromatic nitrogens is 1. The number of unbranched alkanes of at least 4 members (excludes halogenated alkanes) is 2. The van der Waals surface area contributed by atoms with E-state index in [9.17, 15) is 0 Å². The molecule has 98 valence electrons. The van der Waals surface area contributed by atoms with Crippen LogP contribution in [0.3, 0.4) is 0 Å². The average Bonchev–Trinajstić information content (AvgIpc) is 2.82. The molecule has 1 aromatic heterocycles. The lowest BCUT2D eigenvalue weighted by atomic mass is 10.0. The van der Waals surface area contributed by atoms with E-state index in [1.807, 2.05) is 0 Å². The maximum absolute atomic E-state index is 2.49. The lowest BCUT2D eigenvalue weighted by Crippen LogP contribution is -2.07. The molecule has 0 saturated heterocycles. The van der Waals surface area contributed by atoms with Gasteiger partial charge in [0.15, 0.2) is 0 Å². The molecular weight excluding hydrogens is 218 g/mol. The van der Waals surface area contributed by atoms with Crippen LogP contribution in [0.1, 0.15) is 58.4 Å². The lowest BCUT2D eigenvalue weighted by Gasteiger charge is -2.19. The normalized spacial score (nSPS) is 13.0. The van der Waals surface area contributed by atoms with E-state index in [0.717, 1.165) is 0 Å². The number of para-hydroxylation sites is 1. The second kappa shape index (κ2) is 6.63. The molecule has 0 saturated carbocycles. The molecule has 0 aliphatic carbocycles. The summed E-state index contributed by atoms with van der Waals surface area (Å²) in [7, 11) is 0. The zero-order chi connectivity index (χ0) is 12.8. The van der Waals surface area contributed by atoms with Crippen molar-refractivity contribution in [2.45, 2.75) is 58.4 Å². The second-order valence-electron chi connectivity index (χ2n) is 5.22. The van der Waals surface area contributed by atoms with Crippen LogP contribution in [0.25, 0.3) is 10.9 Å². The number of hydrogen-bond donors (Lipinski definition) is 0. The summed E-state index contributed by atoms with van der Waals surface area (Å²) >= 11 is 0. The van der Waals surface area contributed by atoms with E-state index >= 15 is 0 Å². The van der Waals surface area contributed by atoms with Crippen LogP contribution in [0.4, 0.5) is 0 Å². The highest BCUT2D eigenvalue weighted by Crippen LogP contribution is 2.27. The first-order chi connectivity index (χ1) is 8.86. The highest BCUT2D eigenvalue weighted by Gasteiger charge is 2.11. The van der Waals surface area contributed by atoms with Crippen LogP contribution in [0.2, 0.25) is 0 Å². The fourth-order valence-corrected chi connectivity index (χ4v) is 2.81. The Bertz CT molecular complexity index is 469. The molecule has 1 unspecified atom stereocenters. The summed E-state index contributed by atoms with van der Waals surface area (Å²) in [6, 6.07) is 11.7. The first kappa shape index (κ1) is 13.2. The van der Waals surface area contributed by atoms with Crippen molar-refractivity contribution in [3.63, 3.8) is 0 Å². The molecule has 0 radical (unpaired) electrons. The standard InChI is InChI=1S/C17H25N/c1-3-5-6-11-16(9-4-2)18-14-13-15-10-7-8-12-17(15)18/h7-8,10,12-14,16H,3-6,9,11H2,1-2H3. The van der Waals surface area contributed by atoms with E-state index < -0.39 is 0 Å². The second-order valence-corrected chi connectivity index (χ2v) is 5.22. The van der Waals surface area contributed by atoms with Crippen molar-refractivity contribution in [1.29, 1.82) is 0 Å². The smallest absolute Gasteiger partial charge is 0.0482 e. The molecular formula is C17H25N. The third kappa shape index (κ3) is 2.95. The third-order valence-electron chi connectivity index (χ3n) is 3.79. The summed E-state index contributed by atoms with van der Waals surface area (Å²) < 4.78 is 2.49. The Kier molecular flexibility index (Phi) is 4.86. The highest BCUT2D eigenvalue weighted by atomic mass is 15.0. The van der Waals surface area contributed by atoms with Gasteiger partial charge in [-0.1, -0.05) is 57.7 Å². The molecule has 1 atom stereocenters. The van der Waals surface area contributed by atoms with Crippen LogP contribution < -0.4 is 0 Å². The highest BCUT2D eigenvalue weighted by molar-refractivity contribution is 5.80. The van der Waals surface area contributed by atoms with Gasteiger partial charge in [-0.2, -0.15) is 0 Å². The molecule has 1 heterocycles. The SMILES string of the molecule is CCCCCC(CCC)n1ccc2ccccc21. The molecule has 0 spiro atoms. The molecule has 0 N–H and O–H groups in total. The molecule has 0 aliphatic rings. The quantitative estimate of drug-likeness (QED) is 0.561. The van der Waals surface area contributed by atoms with Crippen molar-refractivity contribution in [1.82, 2.24) is 4.57 Å². The summed E-state index contributed by atoms with van der Waals surface area (Å²) in [5, 5.41) is 1.37. The molecule has 18 heavy (non-hydrogen) atoms. The summed E-state index contributed by atoms with van der Waals surface area (Å²) in [4.78, 5) is 0. The van der Waals surface area contributed by atoms with Gasteiger partial charge in [-0.3, -0.25) is 0 Å². The van der Waals surface area contributed by atoms with Gasteiger partial charge in [-0.05, 0) is 30.4 Å². The minimum Gasteiger partial charge on any atom is -0.344 e. The predicted molar refractivity (Wildman–Crippen MR) is 80.0 cm³/mol. The largest absolute Gasteiger partial charge is 0.344 e. The molecule has 0 fully saturated rings. The van der Waals surface area contributed by atoms with E-state index in [0.29, 0.717) is 6.04 Å². The van der Waals surface area contributed by atoms with Crippen LogP contribution in [-0.2, 0) is 0 Å². The Hall–Kier alpha value is -1.24. The number of nitrogens with zero attached hydrogens (tertiary/aromatic N) is 1. The van der Waals surface area contributed by atoms with Crippen LogP contribution >= 0.6 is 0 Å². The van der Waals surface area contributed by atoms with Gasteiger partial charge in [0, 0.05) is 17.8 Å². The van der Waals surface area contributed by atoms with Gasteiger partial charge < -0.3 is 4.57 Å². The Morgan fingerprint density at radius 3 is 2.56 bits per heavy atom. The van der Waals surface area contributed by atoms with E-state index in [2.05, 4.69) is 54.9 Å². The van der Waals surface area contributed by atoms with E-state index in [1.54, 1.807) is 0 Å². The van der Waals surface area contributed by atoms with Crippen molar-refractivity contribution in [2.75, 3.05) is 0 Å². The minimum atomic E-state index is 0.682. The first-order valence-corrected chi connectivity index (χ1v) is 7.42. The van der Waals surface area contributed by atoms with Gasteiger partial charge in [0.1, 0.15) is 0 Å². The average molecular weight is 243 g/mol. The maximum atomic E-state index is 2.49. The molecule has 0 bridgehead atoms. The zero-order valence-electron chi connectivity index (χ0n) is 11.7. The molecule has 1 nitrogen and oxygen atoms in total. The van der Waals surface area contributed by atoms with Crippen molar-refractivity contribution in [3.05, 3.63) is 36.5 Å². The molecule has 0 amide bonds. The topological polar surface area (TPSA) is 4.93 Å². The third-order valence-corrected chi connectivity index (χ3v) is 3.79. The van der Waals surface area contributed by atoms with Gasteiger partial charge in [0.2, 0.25) is 0 Å². The van der Waals surface area contributed by atoms with Gasteiger partial charge in [0.25, 0.3) is 0 Å². The lowest BCUT2D eigenvalue weighted by molar-refractivity contribution is 0.423. The Balaban J connectivity index is 2.18. The fraction of sp³-hybridized carbons (Fsp3) is 0.529. The molecule has 1 heteroatoms. The number of fused-ring (bicyclic) bond motifs is 1. The van der Waals surface area contributed by atoms with Crippen LogP contribution in [0.5, 0.6) is 0 Å². The van der Waals surface area contributed by atoms with Gasteiger partial charge in [-0.15, -0.1) is 0 Å². The molecule has 0 aliphatic heterocycles. The number of benzene rings is 1. The molecule has 1 aromatic carbocycles. The molecule has 2 aromatic rings. The minimum absolute atomic E-state index is 0.682. The van der Waals surface area contributed by atoms with Gasteiger partial charge >= 0.3 is 0 Å². The van der Waals surface area contributed by atoms with Crippen LogP contribution in [-0.4, -0.2) is 4.57 Å². The van der Waals surface area contributed by atoms with Gasteiger partial charge in [-0.25, -0.2) is 0 Å². The van der Waals surface area contributed by atoms with E-state index in [1.165, 1.54) is 49.4 Å². The van der Waals surface area contributed by atoms with Crippen molar-refractivity contribution in [2.24, 2.45) is 0 Å². The number of rotatable bonds is 7. The summed E-state index contributed by atoms with van der Waals surface area (Å²) in [5.74, 6) is 0. The van der Waals surface area contributed by atoms with Gasteiger partial charge in [0.05, 0.1) is 0 Å². The predicted octanol–water partition coefficient (Wildman–Crippen LogP) is 5.56. The van der Waals surface area contributed by atoms with Crippen molar-refractivity contribution < 1.29 is 0 Å². The van der Waals surface area contributed by atoms with Crippen LogP contribution in [0.15, 0.2) is 36.5 Å². The fourth-order valence-electron chi connectivity index (χ4n) is 2.81. The van der Waals surface area contributed by atoms with Crippen molar-refractivity contribution >= 4 is 10.9 Å². The monoisotopic (exact) mass is 243 g/mol. The maximum Gasteiger partial charge on any atom is 0.0482 e.